The third kappa shape index (κ3) is 5.54. The van der Waals surface area contributed by atoms with Gasteiger partial charge >= 0.3 is 6.18 Å². The number of benzene rings is 3. The van der Waals surface area contributed by atoms with E-state index < -0.39 is 18.8 Å². The normalized spacial score (nSPS) is 16.9. The summed E-state index contributed by atoms with van der Waals surface area (Å²) in [5.74, 6) is -0.178. The molecule has 0 saturated heterocycles. The second-order valence-electron chi connectivity index (χ2n) is 7.93. The average molecular weight is 487 g/mol. The number of carbonyl (C=O) groups is 1. The van der Waals surface area contributed by atoms with Crippen LogP contribution in [0.25, 0.3) is 0 Å². The highest BCUT2D eigenvalue weighted by Crippen LogP contribution is 2.37. The Hall–Kier alpha value is -3.45. The van der Waals surface area contributed by atoms with Gasteiger partial charge in [0.25, 0.3) is 5.91 Å². The fourth-order valence-electron chi connectivity index (χ4n) is 3.81. The second kappa shape index (κ2) is 9.81. The number of rotatable bonds is 7. The summed E-state index contributed by atoms with van der Waals surface area (Å²) in [6, 6.07) is 22.2. The SMILES string of the molecule is C[C@@H](NC1=CC(c2cccc(OCC(F)(F)F)c2)N(c2ccc(Cl)cc2)C1=O)c1ccccc1. The van der Waals surface area contributed by atoms with Gasteiger partial charge in [0, 0.05) is 16.8 Å². The van der Waals surface area contributed by atoms with Crippen LogP contribution in [-0.2, 0) is 4.79 Å². The Morgan fingerprint density at radius 3 is 2.41 bits per heavy atom. The van der Waals surface area contributed by atoms with Crippen LogP contribution in [0.2, 0.25) is 5.02 Å². The van der Waals surface area contributed by atoms with E-state index in [2.05, 4.69) is 5.32 Å². The minimum atomic E-state index is -4.45. The van der Waals surface area contributed by atoms with Gasteiger partial charge in [-0.05, 0) is 60.5 Å². The number of nitrogens with one attached hydrogen (secondary N) is 1. The third-order valence-corrected chi connectivity index (χ3v) is 5.68. The lowest BCUT2D eigenvalue weighted by molar-refractivity contribution is -0.153. The number of carbonyl (C=O) groups excluding carboxylic acids is 1. The predicted octanol–water partition coefficient (Wildman–Crippen LogP) is 6.60. The molecule has 0 aromatic heterocycles. The van der Waals surface area contributed by atoms with Crippen molar-refractivity contribution in [2.24, 2.45) is 0 Å². The van der Waals surface area contributed by atoms with Crippen LogP contribution < -0.4 is 15.0 Å². The fraction of sp³-hybridized carbons (Fsp3) is 0.192. The highest BCUT2D eigenvalue weighted by Gasteiger charge is 2.35. The van der Waals surface area contributed by atoms with Crippen LogP contribution in [0.3, 0.4) is 0 Å². The number of anilines is 1. The highest BCUT2D eigenvalue weighted by molar-refractivity contribution is 6.30. The molecule has 4 rings (SSSR count). The zero-order valence-electron chi connectivity index (χ0n) is 18.2. The lowest BCUT2D eigenvalue weighted by Gasteiger charge is -2.26. The van der Waals surface area contributed by atoms with E-state index in [1.165, 1.54) is 12.1 Å². The van der Waals surface area contributed by atoms with Gasteiger partial charge < -0.3 is 10.1 Å². The number of hydrogen-bond acceptors (Lipinski definition) is 3. The molecule has 4 nitrogen and oxygen atoms in total. The number of nitrogens with zero attached hydrogens (tertiary/aromatic N) is 1. The van der Waals surface area contributed by atoms with Gasteiger partial charge in [-0.2, -0.15) is 13.2 Å². The molecule has 0 bridgehead atoms. The molecule has 1 amide bonds. The highest BCUT2D eigenvalue weighted by atomic mass is 35.5. The van der Waals surface area contributed by atoms with Crippen LogP contribution in [0.5, 0.6) is 5.75 Å². The molecule has 0 spiro atoms. The largest absolute Gasteiger partial charge is 0.484 e. The van der Waals surface area contributed by atoms with Crippen molar-refractivity contribution in [2.75, 3.05) is 11.5 Å². The first kappa shape index (κ1) is 23.7. The number of alkyl halides is 3. The molecule has 1 aliphatic heterocycles. The Morgan fingerprint density at radius 2 is 1.74 bits per heavy atom. The first-order valence-corrected chi connectivity index (χ1v) is 11.0. The summed E-state index contributed by atoms with van der Waals surface area (Å²) in [6.45, 7) is 0.563. The summed E-state index contributed by atoms with van der Waals surface area (Å²) in [7, 11) is 0. The van der Waals surface area contributed by atoms with E-state index in [0.717, 1.165) is 5.56 Å². The summed E-state index contributed by atoms with van der Waals surface area (Å²) in [6.07, 6.45) is -2.67. The number of halogens is 4. The molecule has 1 aliphatic rings. The monoisotopic (exact) mass is 486 g/mol. The van der Waals surface area contributed by atoms with Crippen molar-refractivity contribution in [1.82, 2.24) is 5.32 Å². The summed E-state index contributed by atoms with van der Waals surface area (Å²) in [5.41, 5.74) is 2.65. The van der Waals surface area contributed by atoms with Crippen LogP contribution in [0.1, 0.15) is 30.1 Å². The smallest absolute Gasteiger partial charge is 0.422 e. The molecule has 0 saturated carbocycles. The third-order valence-electron chi connectivity index (χ3n) is 5.43. The van der Waals surface area contributed by atoms with Crippen LogP contribution in [0.15, 0.2) is 90.6 Å². The van der Waals surface area contributed by atoms with Crippen molar-refractivity contribution in [1.29, 1.82) is 0 Å². The standard InChI is InChI=1S/C26H22ClF3N2O2/c1-17(18-6-3-2-4-7-18)31-23-15-24(32(25(23)33)21-12-10-20(27)11-13-21)19-8-5-9-22(14-19)34-16-26(28,29)30/h2-15,17,24,31H,16H2,1H3/t17-,24?/m1/s1. The van der Waals surface area contributed by atoms with Crippen LogP contribution in [0.4, 0.5) is 18.9 Å². The van der Waals surface area contributed by atoms with E-state index >= 15 is 0 Å². The minimum absolute atomic E-state index is 0.0748. The molecule has 34 heavy (non-hydrogen) atoms. The second-order valence-corrected chi connectivity index (χ2v) is 8.37. The number of amides is 1. The number of hydrogen-bond donors (Lipinski definition) is 1. The van der Waals surface area contributed by atoms with Gasteiger partial charge in [-0.25, -0.2) is 0 Å². The molecule has 1 N–H and O–H groups in total. The molecule has 3 aromatic carbocycles. The summed E-state index contributed by atoms with van der Waals surface area (Å²) >= 11 is 6.03. The fourth-order valence-corrected chi connectivity index (χ4v) is 3.93. The first-order valence-electron chi connectivity index (χ1n) is 10.6. The van der Waals surface area contributed by atoms with E-state index in [0.29, 0.717) is 22.0 Å². The maximum Gasteiger partial charge on any atom is 0.422 e. The molecule has 176 valence electrons. The van der Waals surface area contributed by atoms with Crippen molar-refractivity contribution in [3.63, 3.8) is 0 Å². The van der Waals surface area contributed by atoms with Crippen LogP contribution in [-0.4, -0.2) is 18.7 Å². The van der Waals surface area contributed by atoms with Gasteiger partial charge in [0.15, 0.2) is 6.61 Å². The van der Waals surface area contributed by atoms with Gasteiger partial charge in [0.1, 0.15) is 5.75 Å². The van der Waals surface area contributed by atoms with Gasteiger partial charge in [-0.1, -0.05) is 54.1 Å². The Bertz CT molecular complexity index is 1180. The molecule has 1 heterocycles. The van der Waals surface area contributed by atoms with Gasteiger partial charge in [0.2, 0.25) is 0 Å². The predicted molar refractivity (Wildman–Crippen MR) is 126 cm³/mol. The lowest BCUT2D eigenvalue weighted by atomic mass is 10.1. The quantitative estimate of drug-likeness (QED) is 0.409. The Labute approximate surface area is 200 Å². The van der Waals surface area contributed by atoms with Gasteiger partial charge in [0.05, 0.1) is 11.7 Å². The molecule has 1 unspecified atom stereocenters. The maximum atomic E-state index is 13.5. The van der Waals surface area contributed by atoms with Gasteiger partial charge in [-0.3, -0.25) is 9.69 Å². The molecule has 0 fully saturated rings. The molecule has 2 atom stereocenters. The van der Waals surface area contributed by atoms with Crippen molar-refractivity contribution in [3.05, 3.63) is 107 Å². The topological polar surface area (TPSA) is 41.6 Å². The Morgan fingerprint density at radius 1 is 1.03 bits per heavy atom. The van der Waals surface area contributed by atoms with Crippen LogP contribution in [0, 0.1) is 0 Å². The van der Waals surface area contributed by atoms with Crippen molar-refractivity contribution in [2.45, 2.75) is 25.2 Å². The van der Waals surface area contributed by atoms with E-state index in [1.54, 1.807) is 47.4 Å². The van der Waals surface area contributed by atoms with E-state index in [4.69, 9.17) is 16.3 Å². The molecule has 0 radical (unpaired) electrons. The van der Waals surface area contributed by atoms with E-state index in [9.17, 15) is 18.0 Å². The van der Waals surface area contributed by atoms with Crippen molar-refractivity contribution < 1.29 is 22.7 Å². The van der Waals surface area contributed by atoms with Gasteiger partial charge in [-0.15, -0.1) is 0 Å². The summed E-state index contributed by atoms with van der Waals surface area (Å²) < 4.78 is 42.8. The number of ether oxygens (including phenoxy) is 1. The van der Waals surface area contributed by atoms with Crippen molar-refractivity contribution in [3.8, 4) is 5.75 Å². The average Bonchev–Trinajstić information content (AvgIpc) is 3.14. The summed E-state index contributed by atoms with van der Waals surface area (Å²) in [5, 5.41) is 3.81. The minimum Gasteiger partial charge on any atom is -0.484 e. The lowest BCUT2D eigenvalue weighted by Crippen LogP contribution is -2.33. The molecular weight excluding hydrogens is 465 g/mol. The Balaban J connectivity index is 1.66. The van der Waals surface area contributed by atoms with E-state index in [-0.39, 0.29) is 17.7 Å². The van der Waals surface area contributed by atoms with Crippen molar-refractivity contribution >= 4 is 23.2 Å². The molecule has 8 heteroatoms. The molecule has 3 aromatic rings. The molecular formula is C26H22ClF3N2O2. The summed E-state index contributed by atoms with van der Waals surface area (Å²) in [4.78, 5) is 15.0. The van der Waals surface area contributed by atoms with E-state index in [1.807, 2.05) is 37.3 Å². The zero-order chi connectivity index (χ0) is 24.3. The van der Waals surface area contributed by atoms with Crippen LogP contribution >= 0.6 is 11.6 Å². The molecule has 0 aliphatic carbocycles. The zero-order valence-corrected chi connectivity index (χ0v) is 19.0. The Kier molecular flexibility index (Phi) is 6.84. The maximum absolute atomic E-state index is 13.5. The first-order chi connectivity index (χ1) is 16.2.